The van der Waals surface area contributed by atoms with E-state index in [-0.39, 0.29) is 17.2 Å². The van der Waals surface area contributed by atoms with Crippen LogP contribution >= 0.6 is 0 Å². The minimum atomic E-state index is -0.332. The molecule has 0 aromatic heterocycles. The van der Waals surface area contributed by atoms with Gasteiger partial charge in [0.05, 0.1) is 5.56 Å². The molecule has 0 radical (unpaired) electrons. The van der Waals surface area contributed by atoms with Crippen LogP contribution in [0.4, 0.5) is 5.69 Å². The Morgan fingerprint density at radius 2 is 1.41 bits per heavy atom. The van der Waals surface area contributed by atoms with Gasteiger partial charge in [0.1, 0.15) is 5.75 Å². The summed E-state index contributed by atoms with van der Waals surface area (Å²) in [5.74, 6) is -0.344. The Morgan fingerprint density at radius 3 is 2.09 bits per heavy atom. The lowest BCUT2D eigenvalue weighted by Crippen LogP contribution is -2.12. The molecule has 0 heterocycles. The van der Waals surface area contributed by atoms with Crippen molar-refractivity contribution in [2.75, 3.05) is 5.32 Å². The molecule has 0 aliphatic heterocycles. The van der Waals surface area contributed by atoms with Gasteiger partial charge in [-0.15, -0.1) is 0 Å². The molecule has 0 fully saturated rings. The van der Waals surface area contributed by atoms with Gasteiger partial charge in [0.2, 0.25) is 0 Å². The highest BCUT2D eigenvalue weighted by Gasteiger charge is 2.15. The Bertz CT molecular complexity index is 783. The molecule has 3 aromatic rings. The van der Waals surface area contributed by atoms with Gasteiger partial charge in [0, 0.05) is 11.3 Å². The molecule has 0 atom stereocenters. The van der Waals surface area contributed by atoms with E-state index >= 15 is 0 Å². The second-order valence-electron chi connectivity index (χ2n) is 4.89. The van der Waals surface area contributed by atoms with E-state index in [4.69, 9.17) is 0 Å². The van der Waals surface area contributed by atoms with Gasteiger partial charge in [0.15, 0.2) is 0 Å². The maximum Gasteiger partial charge on any atom is 0.259 e. The fourth-order valence-corrected chi connectivity index (χ4v) is 2.30. The van der Waals surface area contributed by atoms with Crippen LogP contribution in [0.25, 0.3) is 11.1 Å². The van der Waals surface area contributed by atoms with Crippen LogP contribution in [0.1, 0.15) is 10.4 Å². The molecule has 0 aliphatic rings. The Balaban J connectivity index is 1.93. The highest BCUT2D eigenvalue weighted by atomic mass is 16.3. The SMILES string of the molecule is O=C(Nc1ccccc1)c1cccc(-c2ccccc2)c1O. The van der Waals surface area contributed by atoms with Gasteiger partial charge in [-0.3, -0.25) is 4.79 Å². The Morgan fingerprint density at radius 1 is 0.773 bits per heavy atom. The fourth-order valence-electron chi connectivity index (χ4n) is 2.30. The summed E-state index contributed by atoms with van der Waals surface area (Å²) in [4.78, 5) is 12.3. The largest absolute Gasteiger partial charge is 0.506 e. The second kappa shape index (κ2) is 6.14. The molecule has 108 valence electrons. The number of rotatable bonds is 3. The third-order valence-corrected chi connectivity index (χ3v) is 3.40. The molecule has 3 aromatic carbocycles. The number of carbonyl (C=O) groups is 1. The number of benzene rings is 3. The van der Waals surface area contributed by atoms with Crippen LogP contribution in [0.15, 0.2) is 78.9 Å². The normalized spacial score (nSPS) is 10.2. The van der Waals surface area contributed by atoms with Crippen LogP contribution in [0.2, 0.25) is 0 Å². The van der Waals surface area contributed by atoms with E-state index in [2.05, 4.69) is 5.32 Å². The molecule has 1 amide bonds. The molecular formula is C19H15NO2. The van der Waals surface area contributed by atoms with Gasteiger partial charge in [0.25, 0.3) is 5.91 Å². The van der Waals surface area contributed by atoms with Crippen LogP contribution in [0.5, 0.6) is 5.75 Å². The summed E-state index contributed by atoms with van der Waals surface area (Å²) in [6.45, 7) is 0. The first-order chi connectivity index (χ1) is 10.8. The zero-order valence-corrected chi connectivity index (χ0v) is 11.9. The number of phenols is 1. The molecular weight excluding hydrogens is 274 g/mol. The number of phenolic OH excluding ortho intramolecular Hbond substituents is 1. The topological polar surface area (TPSA) is 49.3 Å². The van der Waals surface area contributed by atoms with Crippen molar-refractivity contribution < 1.29 is 9.90 Å². The van der Waals surface area contributed by atoms with Gasteiger partial charge < -0.3 is 10.4 Å². The summed E-state index contributed by atoms with van der Waals surface area (Å²) in [6, 6.07) is 23.8. The van der Waals surface area contributed by atoms with Crippen molar-refractivity contribution in [2.24, 2.45) is 0 Å². The third-order valence-electron chi connectivity index (χ3n) is 3.40. The highest BCUT2D eigenvalue weighted by molar-refractivity contribution is 6.07. The molecule has 0 saturated carbocycles. The van der Waals surface area contributed by atoms with Crippen molar-refractivity contribution >= 4 is 11.6 Å². The van der Waals surface area contributed by atoms with E-state index in [0.717, 1.165) is 5.56 Å². The van der Waals surface area contributed by atoms with Crippen LogP contribution in [-0.2, 0) is 0 Å². The van der Waals surface area contributed by atoms with E-state index in [1.54, 1.807) is 30.3 Å². The smallest absolute Gasteiger partial charge is 0.259 e. The number of anilines is 1. The number of aromatic hydroxyl groups is 1. The molecule has 0 bridgehead atoms. The monoisotopic (exact) mass is 289 g/mol. The molecule has 0 spiro atoms. The summed E-state index contributed by atoms with van der Waals surface area (Å²) in [5, 5.41) is 13.2. The summed E-state index contributed by atoms with van der Waals surface area (Å²) in [5.41, 5.74) is 2.46. The number of hydrogen-bond acceptors (Lipinski definition) is 2. The summed E-state index contributed by atoms with van der Waals surface area (Å²) < 4.78 is 0. The van der Waals surface area contributed by atoms with Crippen molar-refractivity contribution in [2.45, 2.75) is 0 Å². The number of nitrogens with one attached hydrogen (secondary N) is 1. The maximum absolute atomic E-state index is 12.3. The minimum absolute atomic E-state index is 0.0119. The van der Waals surface area contributed by atoms with Crippen molar-refractivity contribution in [3.05, 3.63) is 84.4 Å². The summed E-state index contributed by atoms with van der Waals surface area (Å²) in [7, 11) is 0. The summed E-state index contributed by atoms with van der Waals surface area (Å²) in [6.07, 6.45) is 0. The first-order valence-corrected chi connectivity index (χ1v) is 6.99. The molecule has 2 N–H and O–H groups in total. The molecule has 0 aliphatic carbocycles. The van der Waals surface area contributed by atoms with E-state index in [9.17, 15) is 9.90 Å². The Kier molecular flexibility index (Phi) is 3.88. The van der Waals surface area contributed by atoms with E-state index in [0.29, 0.717) is 11.3 Å². The van der Waals surface area contributed by atoms with Gasteiger partial charge >= 0.3 is 0 Å². The molecule has 22 heavy (non-hydrogen) atoms. The van der Waals surface area contributed by atoms with E-state index in [1.807, 2.05) is 48.5 Å². The zero-order chi connectivity index (χ0) is 15.4. The average molecular weight is 289 g/mol. The predicted octanol–water partition coefficient (Wildman–Crippen LogP) is 4.31. The maximum atomic E-state index is 12.3. The van der Waals surface area contributed by atoms with Crippen molar-refractivity contribution in [3.63, 3.8) is 0 Å². The van der Waals surface area contributed by atoms with Gasteiger partial charge in [-0.1, -0.05) is 60.7 Å². The Hall–Kier alpha value is -3.07. The summed E-state index contributed by atoms with van der Waals surface area (Å²) >= 11 is 0. The molecule has 0 unspecified atom stereocenters. The zero-order valence-electron chi connectivity index (χ0n) is 11.9. The van der Waals surface area contributed by atoms with Crippen molar-refractivity contribution in [3.8, 4) is 16.9 Å². The first kappa shape index (κ1) is 13.9. The lowest BCUT2D eigenvalue weighted by Gasteiger charge is -2.10. The van der Waals surface area contributed by atoms with Crippen LogP contribution in [0, 0.1) is 0 Å². The number of amides is 1. The lowest BCUT2D eigenvalue weighted by molar-refractivity contribution is 0.102. The Labute approximate surface area is 128 Å². The third kappa shape index (κ3) is 2.83. The molecule has 3 heteroatoms. The molecule has 3 rings (SSSR count). The van der Waals surface area contributed by atoms with Crippen LogP contribution in [0.3, 0.4) is 0 Å². The molecule has 3 nitrogen and oxygen atoms in total. The fraction of sp³-hybridized carbons (Fsp3) is 0. The quantitative estimate of drug-likeness (QED) is 0.754. The highest BCUT2D eigenvalue weighted by Crippen LogP contribution is 2.32. The number of hydrogen-bond donors (Lipinski definition) is 2. The van der Waals surface area contributed by atoms with E-state index < -0.39 is 0 Å². The predicted molar refractivity (Wildman–Crippen MR) is 87.9 cm³/mol. The van der Waals surface area contributed by atoms with E-state index in [1.165, 1.54) is 0 Å². The van der Waals surface area contributed by atoms with Gasteiger partial charge in [-0.2, -0.15) is 0 Å². The number of para-hydroxylation sites is 2. The van der Waals surface area contributed by atoms with Crippen molar-refractivity contribution in [1.82, 2.24) is 0 Å². The second-order valence-corrected chi connectivity index (χ2v) is 4.89. The van der Waals surface area contributed by atoms with Gasteiger partial charge in [-0.25, -0.2) is 0 Å². The van der Waals surface area contributed by atoms with Crippen molar-refractivity contribution in [1.29, 1.82) is 0 Å². The van der Waals surface area contributed by atoms with Gasteiger partial charge in [-0.05, 0) is 23.8 Å². The van der Waals surface area contributed by atoms with Crippen LogP contribution in [-0.4, -0.2) is 11.0 Å². The number of carbonyl (C=O) groups excluding carboxylic acids is 1. The lowest BCUT2D eigenvalue weighted by atomic mass is 10.0. The average Bonchev–Trinajstić information content (AvgIpc) is 2.56. The molecule has 0 saturated heterocycles. The first-order valence-electron chi connectivity index (χ1n) is 6.99. The minimum Gasteiger partial charge on any atom is -0.506 e. The van der Waals surface area contributed by atoms with Crippen LogP contribution < -0.4 is 5.32 Å². The standard InChI is InChI=1S/C19H15NO2/c21-18-16(14-8-3-1-4-9-14)12-7-13-17(18)19(22)20-15-10-5-2-6-11-15/h1-13,21H,(H,20,22).